The highest BCUT2D eigenvalue weighted by atomic mass is 79.9. The second kappa shape index (κ2) is 6.49. The molecule has 3 N–H and O–H groups in total. The summed E-state index contributed by atoms with van der Waals surface area (Å²) in [5, 5.41) is 3.03. The zero-order valence-electron chi connectivity index (χ0n) is 10.6. The Bertz CT molecular complexity index is 545. The smallest absolute Gasteiger partial charge is 0.222 e. The molecule has 0 spiro atoms. The molecule has 0 saturated heterocycles. The van der Waals surface area contributed by atoms with Crippen LogP contribution in [0.5, 0.6) is 5.75 Å². The van der Waals surface area contributed by atoms with E-state index in [-0.39, 0.29) is 0 Å². The van der Waals surface area contributed by atoms with E-state index in [1.165, 1.54) is 0 Å². The van der Waals surface area contributed by atoms with E-state index in [0.717, 1.165) is 21.3 Å². The molecule has 5 nitrogen and oxygen atoms in total. The molecule has 0 bridgehead atoms. The number of nitrogens with one attached hydrogen (secondary N) is 1. The summed E-state index contributed by atoms with van der Waals surface area (Å²) >= 11 is 3.45. The summed E-state index contributed by atoms with van der Waals surface area (Å²) in [5.41, 5.74) is 7.26. The summed E-state index contributed by atoms with van der Waals surface area (Å²) in [4.78, 5) is 8.50. The molecule has 19 heavy (non-hydrogen) atoms. The first-order valence-corrected chi connectivity index (χ1v) is 6.64. The number of hydrogen-bond donors (Lipinski definition) is 2. The van der Waals surface area contributed by atoms with Gasteiger partial charge in [0, 0.05) is 41.1 Å². The number of nitrogens with two attached hydrogens (primary N) is 1. The number of ether oxygens (including phenoxy) is 1. The number of halogens is 1. The first kappa shape index (κ1) is 13.8. The van der Waals surface area contributed by atoms with Crippen molar-refractivity contribution in [2.75, 3.05) is 25.5 Å². The molecule has 0 aliphatic rings. The number of nitrogens with zero attached hydrogens (tertiary/aromatic N) is 2. The van der Waals surface area contributed by atoms with E-state index >= 15 is 0 Å². The Morgan fingerprint density at radius 1 is 1.32 bits per heavy atom. The molecule has 1 aromatic carbocycles. The Kier molecular flexibility index (Phi) is 4.70. The zero-order chi connectivity index (χ0) is 13.7. The van der Waals surface area contributed by atoms with Crippen LogP contribution in [0.3, 0.4) is 0 Å². The monoisotopic (exact) mass is 322 g/mol. The first-order valence-electron chi connectivity index (χ1n) is 5.84. The molecule has 2 aromatic rings. The van der Waals surface area contributed by atoms with E-state index in [0.29, 0.717) is 19.0 Å². The van der Waals surface area contributed by atoms with Crippen LogP contribution in [0.1, 0.15) is 0 Å². The number of anilines is 1. The molecular formula is C13H15BrN4O. The van der Waals surface area contributed by atoms with Crippen LogP contribution in [0.4, 0.5) is 5.95 Å². The maximum absolute atomic E-state index is 5.41. The number of aromatic nitrogens is 2. The van der Waals surface area contributed by atoms with Crippen molar-refractivity contribution in [2.24, 2.45) is 5.73 Å². The van der Waals surface area contributed by atoms with Crippen LogP contribution in [-0.4, -0.2) is 30.2 Å². The topological polar surface area (TPSA) is 73.1 Å². The predicted molar refractivity (Wildman–Crippen MR) is 79.3 cm³/mol. The van der Waals surface area contributed by atoms with E-state index in [1.54, 1.807) is 19.5 Å². The largest absolute Gasteiger partial charge is 0.496 e. The fraction of sp³-hybridized carbons (Fsp3) is 0.231. The van der Waals surface area contributed by atoms with Crippen molar-refractivity contribution in [3.8, 4) is 16.9 Å². The summed E-state index contributed by atoms with van der Waals surface area (Å²) in [5.74, 6) is 1.36. The third-order valence-corrected chi connectivity index (χ3v) is 3.05. The van der Waals surface area contributed by atoms with Gasteiger partial charge in [-0.15, -0.1) is 0 Å². The molecule has 100 valence electrons. The van der Waals surface area contributed by atoms with Crippen LogP contribution in [0.2, 0.25) is 0 Å². The lowest BCUT2D eigenvalue weighted by atomic mass is 10.1. The van der Waals surface area contributed by atoms with Gasteiger partial charge in [-0.05, 0) is 18.2 Å². The van der Waals surface area contributed by atoms with Crippen molar-refractivity contribution in [3.63, 3.8) is 0 Å². The fourth-order valence-corrected chi connectivity index (χ4v) is 2.01. The molecular weight excluding hydrogens is 308 g/mol. The zero-order valence-corrected chi connectivity index (χ0v) is 12.1. The molecule has 0 aliphatic carbocycles. The summed E-state index contributed by atoms with van der Waals surface area (Å²) in [6.45, 7) is 1.20. The summed E-state index contributed by atoms with van der Waals surface area (Å²) in [6.07, 6.45) is 3.52. The van der Waals surface area contributed by atoms with Crippen LogP contribution >= 0.6 is 15.9 Å². The van der Waals surface area contributed by atoms with E-state index in [9.17, 15) is 0 Å². The van der Waals surface area contributed by atoms with Crippen molar-refractivity contribution in [2.45, 2.75) is 0 Å². The fourth-order valence-electron chi connectivity index (χ4n) is 1.65. The van der Waals surface area contributed by atoms with Gasteiger partial charge < -0.3 is 15.8 Å². The lowest BCUT2D eigenvalue weighted by Gasteiger charge is -2.09. The maximum atomic E-state index is 5.41. The van der Waals surface area contributed by atoms with Crippen molar-refractivity contribution >= 4 is 21.9 Å². The standard InChI is InChI=1S/C13H15BrN4O/c1-19-12-3-2-10(14)6-11(12)9-7-17-13(18-8-9)16-5-4-15/h2-3,6-8H,4-5,15H2,1H3,(H,16,17,18). The summed E-state index contributed by atoms with van der Waals surface area (Å²) in [7, 11) is 1.64. The van der Waals surface area contributed by atoms with Crippen LogP contribution in [0.25, 0.3) is 11.1 Å². The Balaban J connectivity index is 2.29. The van der Waals surface area contributed by atoms with Gasteiger partial charge in [-0.1, -0.05) is 15.9 Å². The van der Waals surface area contributed by atoms with Crippen molar-refractivity contribution in [1.29, 1.82) is 0 Å². The van der Waals surface area contributed by atoms with Crippen LogP contribution in [0.15, 0.2) is 35.1 Å². The maximum Gasteiger partial charge on any atom is 0.222 e. The van der Waals surface area contributed by atoms with Gasteiger partial charge in [0.05, 0.1) is 7.11 Å². The van der Waals surface area contributed by atoms with Gasteiger partial charge in [-0.2, -0.15) is 0 Å². The highest BCUT2D eigenvalue weighted by Crippen LogP contribution is 2.31. The van der Waals surface area contributed by atoms with Gasteiger partial charge in [0.2, 0.25) is 5.95 Å². The molecule has 0 atom stereocenters. The highest BCUT2D eigenvalue weighted by molar-refractivity contribution is 9.10. The molecule has 0 aliphatic heterocycles. The minimum absolute atomic E-state index is 0.546. The second-order valence-corrected chi connectivity index (χ2v) is 4.77. The van der Waals surface area contributed by atoms with Crippen LogP contribution in [-0.2, 0) is 0 Å². The number of hydrogen-bond acceptors (Lipinski definition) is 5. The molecule has 1 heterocycles. The lowest BCUT2D eigenvalue weighted by molar-refractivity contribution is 0.416. The summed E-state index contributed by atoms with van der Waals surface area (Å²) < 4.78 is 6.32. The van der Waals surface area contributed by atoms with Gasteiger partial charge in [0.15, 0.2) is 0 Å². The normalized spacial score (nSPS) is 10.3. The minimum atomic E-state index is 0.546. The quantitative estimate of drug-likeness (QED) is 0.883. The van der Waals surface area contributed by atoms with Crippen molar-refractivity contribution < 1.29 is 4.74 Å². The molecule has 0 unspecified atom stereocenters. The average Bonchev–Trinajstić information content (AvgIpc) is 2.45. The SMILES string of the molecule is COc1ccc(Br)cc1-c1cnc(NCCN)nc1. The highest BCUT2D eigenvalue weighted by Gasteiger charge is 2.07. The van der Waals surface area contributed by atoms with Gasteiger partial charge in [0.1, 0.15) is 5.75 Å². The average molecular weight is 323 g/mol. The predicted octanol–water partition coefficient (Wildman–Crippen LogP) is 2.29. The lowest BCUT2D eigenvalue weighted by Crippen LogP contribution is -2.14. The Labute approximate surface area is 120 Å². The Morgan fingerprint density at radius 3 is 2.68 bits per heavy atom. The van der Waals surface area contributed by atoms with Crippen LogP contribution in [0, 0.1) is 0 Å². The van der Waals surface area contributed by atoms with Crippen molar-refractivity contribution in [1.82, 2.24) is 9.97 Å². The molecule has 2 rings (SSSR count). The third kappa shape index (κ3) is 3.42. The van der Waals surface area contributed by atoms with Gasteiger partial charge in [-0.3, -0.25) is 0 Å². The molecule has 0 fully saturated rings. The van der Waals surface area contributed by atoms with Crippen LogP contribution < -0.4 is 15.8 Å². The Morgan fingerprint density at radius 2 is 2.05 bits per heavy atom. The molecule has 0 radical (unpaired) electrons. The van der Waals surface area contributed by atoms with Gasteiger partial charge in [0.25, 0.3) is 0 Å². The molecule has 0 amide bonds. The Hall–Kier alpha value is -1.66. The van der Waals surface area contributed by atoms with E-state index in [2.05, 4.69) is 31.2 Å². The van der Waals surface area contributed by atoms with E-state index in [1.807, 2.05) is 18.2 Å². The summed E-state index contributed by atoms with van der Waals surface area (Å²) in [6, 6.07) is 5.81. The van der Waals surface area contributed by atoms with Gasteiger partial charge >= 0.3 is 0 Å². The molecule has 1 aromatic heterocycles. The third-order valence-electron chi connectivity index (χ3n) is 2.55. The number of benzene rings is 1. The second-order valence-electron chi connectivity index (χ2n) is 3.86. The number of methoxy groups -OCH3 is 1. The first-order chi connectivity index (χ1) is 9.24. The minimum Gasteiger partial charge on any atom is -0.496 e. The van der Waals surface area contributed by atoms with E-state index in [4.69, 9.17) is 10.5 Å². The molecule has 0 saturated carbocycles. The molecule has 6 heteroatoms. The van der Waals surface area contributed by atoms with Crippen molar-refractivity contribution in [3.05, 3.63) is 35.1 Å². The van der Waals surface area contributed by atoms with Gasteiger partial charge in [-0.25, -0.2) is 9.97 Å². The number of rotatable bonds is 5. The van der Waals surface area contributed by atoms with E-state index < -0.39 is 0 Å².